The average molecular weight is 484 g/mol. The van der Waals surface area contributed by atoms with Gasteiger partial charge in [-0.3, -0.25) is 10.0 Å². The summed E-state index contributed by atoms with van der Waals surface area (Å²) in [4.78, 5) is 12.5. The van der Waals surface area contributed by atoms with Crippen LogP contribution in [0, 0.1) is 6.92 Å². The van der Waals surface area contributed by atoms with Crippen molar-refractivity contribution in [1.29, 1.82) is 0 Å². The van der Waals surface area contributed by atoms with Crippen molar-refractivity contribution in [3.63, 3.8) is 0 Å². The minimum atomic E-state index is -3.39. The topological polar surface area (TPSA) is 111 Å². The molecular weight excluding hydrogens is 465 g/mol. The number of sulfonamides is 1. The molecule has 1 heterocycles. The van der Waals surface area contributed by atoms with Gasteiger partial charge in [-0.25, -0.2) is 13.2 Å². The van der Waals surface area contributed by atoms with Gasteiger partial charge in [0.25, 0.3) is 0 Å². The quantitative estimate of drug-likeness (QED) is 0.469. The molecule has 1 aromatic heterocycles. The normalized spacial score (nSPS) is 12.3. The van der Waals surface area contributed by atoms with Gasteiger partial charge in [0.1, 0.15) is 17.5 Å². The zero-order valence-electron chi connectivity index (χ0n) is 16.8. The molecule has 0 aliphatic heterocycles. The molecule has 3 aromatic rings. The molecule has 2 N–H and O–H groups in total. The number of halogens is 2. The Kier molecular flexibility index (Phi) is 6.78. The fourth-order valence-corrected chi connectivity index (χ4v) is 3.93. The Morgan fingerprint density at radius 1 is 1.16 bits per heavy atom. The summed E-state index contributed by atoms with van der Waals surface area (Å²) < 4.78 is 35.8. The van der Waals surface area contributed by atoms with Crippen molar-refractivity contribution in [2.24, 2.45) is 0 Å². The van der Waals surface area contributed by atoms with Crippen LogP contribution in [0.2, 0.25) is 10.0 Å². The monoisotopic (exact) mass is 483 g/mol. The van der Waals surface area contributed by atoms with Crippen molar-refractivity contribution in [3.05, 3.63) is 63.8 Å². The summed E-state index contributed by atoms with van der Waals surface area (Å²) in [5.41, 5.74) is 2.37. The Morgan fingerprint density at radius 2 is 1.84 bits per heavy atom. The first-order valence-electron chi connectivity index (χ1n) is 9.00. The zero-order valence-corrected chi connectivity index (χ0v) is 19.1. The van der Waals surface area contributed by atoms with E-state index in [-0.39, 0.29) is 0 Å². The summed E-state index contributed by atoms with van der Waals surface area (Å²) in [6, 6.07) is 11.3. The second-order valence-electron chi connectivity index (χ2n) is 6.76. The standard InChI is InChI=1S/C20H19Cl2N3O5S/c1-11-18(23-20(26)29-12(2)16-9-6-14(21)10-17(16)22)19(30-24-11)13-4-7-15(8-5-13)25-31(3,27)28/h4-10,12,25H,1-3H3,(H,23,26). The van der Waals surface area contributed by atoms with E-state index in [0.29, 0.717) is 44.0 Å². The Morgan fingerprint density at radius 3 is 2.45 bits per heavy atom. The van der Waals surface area contributed by atoms with Crippen LogP contribution < -0.4 is 10.0 Å². The van der Waals surface area contributed by atoms with Crippen molar-refractivity contribution in [2.75, 3.05) is 16.3 Å². The molecule has 0 bridgehead atoms. The van der Waals surface area contributed by atoms with Gasteiger partial charge in [-0.05, 0) is 50.2 Å². The third-order valence-corrected chi connectivity index (χ3v) is 5.39. The number of benzene rings is 2. The minimum absolute atomic E-state index is 0.303. The van der Waals surface area contributed by atoms with E-state index >= 15 is 0 Å². The molecule has 11 heteroatoms. The van der Waals surface area contributed by atoms with E-state index in [9.17, 15) is 13.2 Å². The molecule has 0 radical (unpaired) electrons. The second kappa shape index (κ2) is 9.17. The van der Waals surface area contributed by atoms with E-state index < -0.39 is 22.2 Å². The number of hydrogen-bond acceptors (Lipinski definition) is 6. The molecule has 164 valence electrons. The molecule has 1 atom stereocenters. The summed E-state index contributed by atoms with van der Waals surface area (Å²) in [5, 5.41) is 7.41. The first kappa shape index (κ1) is 22.9. The molecule has 0 aliphatic rings. The summed E-state index contributed by atoms with van der Waals surface area (Å²) in [5.74, 6) is 0.303. The number of aromatic nitrogens is 1. The summed E-state index contributed by atoms with van der Waals surface area (Å²) >= 11 is 12.1. The van der Waals surface area contributed by atoms with Gasteiger partial charge in [-0.1, -0.05) is 34.4 Å². The molecule has 2 aromatic carbocycles. The van der Waals surface area contributed by atoms with E-state index in [1.54, 1.807) is 56.3 Å². The Hall–Kier alpha value is -2.75. The molecule has 3 rings (SSSR count). The van der Waals surface area contributed by atoms with Crippen LogP contribution in [0.15, 0.2) is 47.0 Å². The molecule has 0 spiro atoms. The van der Waals surface area contributed by atoms with Gasteiger partial charge in [-0.2, -0.15) is 0 Å². The predicted molar refractivity (Wildman–Crippen MR) is 120 cm³/mol. The summed E-state index contributed by atoms with van der Waals surface area (Å²) in [7, 11) is -3.39. The van der Waals surface area contributed by atoms with E-state index in [1.807, 2.05) is 0 Å². The highest BCUT2D eigenvalue weighted by Gasteiger charge is 2.21. The van der Waals surface area contributed by atoms with Crippen molar-refractivity contribution < 1.29 is 22.5 Å². The van der Waals surface area contributed by atoms with Crippen molar-refractivity contribution >= 4 is 50.7 Å². The van der Waals surface area contributed by atoms with Crippen LogP contribution >= 0.6 is 23.2 Å². The lowest BCUT2D eigenvalue weighted by molar-refractivity contribution is 0.121. The number of carbonyl (C=O) groups excluding carboxylic acids is 1. The lowest BCUT2D eigenvalue weighted by Crippen LogP contribution is -2.17. The van der Waals surface area contributed by atoms with Gasteiger partial charge in [0, 0.05) is 26.9 Å². The smallest absolute Gasteiger partial charge is 0.412 e. The fraction of sp³-hybridized carbons (Fsp3) is 0.200. The maximum Gasteiger partial charge on any atom is 0.412 e. The maximum absolute atomic E-state index is 12.5. The van der Waals surface area contributed by atoms with Crippen LogP contribution in [-0.4, -0.2) is 25.9 Å². The predicted octanol–water partition coefficient (Wildman–Crippen LogP) is 5.64. The van der Waals surface area contributed by atoms with Gasteiger partial charge >= 0.3 is 6.09 Å². The second-order valence-corrected chi connectivity index (χ2v) is 9.35. The van der Waals surface area contributed by atoms with E-state index in [1.165, 1.54) is 0 Å². The number of aryl methyl sites for hydroxylation is 1. The first-order chi connectivity index (χ1) is 14.5. The van der Waals surface area contributed by atoms with E-state index in [0.717, 1.165) is 6.26 Å². The first-order valence-corrected chi connectivity index (χ1v) is 11.7. The number of nitrogens with one attached hydrogen (secondary N) is 2. The highest BCUT2D eigenvalue weighted by atomic mass is 35.5. The van der Waals surface area contributed by atoms with E-state index in [4.69, 9.17) is 32.5 Å². The van der Waals surface area contributed by atoms with Gasteiger partial charge in [-0.15, -0.1) is 0 Å². The number of anilines is 2. The molecular formula is C20H19Cl2N3O5S. The number of nitrogens with zero attached hydrogens (tertiary/aromatic N) is 1. The lowest BCUT2D eigenvalue weighted by Gasteiger charge is -2.16. The Balaban J connectivity index is 1.75. The van der Waals surface area contributed by atoms with Crippen LogP contribution in [0.3, 0.4) is 0 Å². The van der Waals surface area contributed by atoms with Crippen molar-refractivity contribution in [3.8, 4) is 11.3 Å². The summed E-state index contributed by atoms with van der Waals surface area (Å²) in [6.45, 7) is 3.35. The number of ether oxygens (including phenoxy) is 1. The van der Waals surface area contributed by atoms with Crippen molar-refractivity contribution in [2.45, 2.75) is 20.0 Å². The molecule has 1 unspecified atom stereocenters. The molecule has 0 aliphatic carbocycles. The third-order valence-electron chi connectivity index (χ3n) is 4.22. The molecule has 31 heavy (non-hydrogen) atoms. The maximum atomic E-state index is 12.5. The fourth-order valence-electron chi connectivity index (χ4n) is 2.80. The average Bonchev–Trinajstić information content (AvgIpc) is 3.01. The number of hydrogen-bond donors (Lipinski definition) is 2. The SMILES string of the molecule is Cc1noc(-c2ccc(NS(C)(=O)=O)cc2)c1NC(=O)OC(C)c1ccc(Cl)cc1Cl. The van der Waals surface area contributed by atoms with Crippen LogP contribution in [0.5, 0.6) is 0 Å². The lowest BCUT2D eigenvalue weighted by atomic mass is 10.1. The third kappa shape index (κ3) is 5.90. The minimum Gasteiger partial charge on any atom is -0.441 e. The van der Waals surface area contributed by atoms with E-state index in [2.05, 4.69) is 15.2 Å². The van der Waals surface area contributed by atoms with Crippen molar-refractivity contribution in [1.82, 2.24) is 5.16 Å². The van der Waals surface area contributed by atoms with Crippen LogP contribution in [0.1, 0.15) is 24.3 Å². The largest absolute Gasteiger partial charge is 0.441 e. The Labute approximate surface area is 189 Å². The molecule has 0 saturated carbocycles. The van der Waals surface area contributed by atoms with Gasteiger partial charge < -0.3 is 9.26 Å². The Bertz CT molecular complexity index is 1210. The molecule has 1 amide bonds. The van der Waals surface area contributed by atoms with Crippen LogP contribution in [0.25, 0.3) is 11.3 Å². The highest BCUT2D eigenvalue weighted by Crippen LogP contribution is 2.33. The van der Waals surface area contributed by atoms with Crippen LogP contribution in [-0.2, 0) is 14.8 Å². The number of carbonyl (C=O) groups is 1. The number of amides is 1. The van der Waals surface area contributed by atoms with Gasteiger partial charge in [0.05, 0.1) is 6.26 Å². The number of rotatable bonds is 6. The molecule has 8 nitrogen and oxygen atoms in total. The molecule has 0 saturated heterocycles. The van der Waals surface area contributed by atoms with Gasteiger partial charge in [0.15, 0.2) is 5.76 Å². The summed E-state index contributed by atoms with van der Waals surface area (Å²) in [6.07, 6.45) is -0.289. The molecule has 0 fully saturated rings. The van der Waals surface area contributed by atoms with Gasteiger partial charge in [0.2, 0.25) is 10.0 Å². The zero-order chi connectivity index (χ0) is 22.8. The van der Waals surface area contributed by atoms with Crippen LogP contribution in [0.4, 0.5) is 16.2 Å². The highest BCUT2D eigenvalue weighted by molar-refractivity contribution is 7.92.